The van der Waals surface area contributed by atoms with Crippen LogP contribution < -0.4 is 10.9 Å². The number of aromatic nitrogens is 2. The summed E-state index contributed by atoms with van der Waals surface area (Å²) in [6.45, 7) is 7.29. The summed E-state index contributed by atoms with van der Waals surface area (Å²) in [5.41, 5.74) is 2.92. The maximum Gasteiger partial charge on any atom is 0.348 e. The average Bonchev–Trinajstić information content (AvgIpc) is 3.05. The number of para-hydroxylation sites is 1. The molecule has 0 aliphatic carbocycles. The number of carbonyl (C=O) groups is 2. The molecule has 0 radical (unpaired) electrons. The number of esters is 1. The van der Waals surface area contributed by atoms with Crippen molar-refractivity contribution in [3.05, 3.63) is 56.4 Å². The van der Waals surface area contributed by atoms with Crippen LogP contribution in [0, 0.1) is 13.8 Å². The number of aryl methyl sites for hydroxylation is 3. The second-order valence-electron chi connectivity index (χ2n) is 6.81. The lowest BCUT2D eigenvalue weighted by Crippen LogP contribution is -2.32. The number of hydrogen-bond donors (Lipinski definition) is 1. The van der Waals surface area contributed by atoms with Crippen LogP contribution in [0.25, 0.3) is 10.2 Å². The Morgan fingerprint density at radius 3 is 2.69 bits per heavy atom. The third-order valence-corrected chi connectivity index (χ3v) is 6.21. The Kier molecular flexibility index (Phi) is 5.83. The molecule has 0 unspecified atom stereocenters. The molecule has 152 valence electrons. The van der Waals surface area contributed by atoms with Crippen LogP contribution in [0.3, 0.4) is 0 Å². The number of hydrogen-bond acceptors (Lipinski definition) is 6. The fourth-order valence-corrected chi connectivity index (χ4v) is 4.31. The molecule has 2 aromatic heterocycles. The van der Waals surface area contributed by atoms with E-state index < -0.39 is 12.0 Å². The molecule has 0 aliphatic rings. The van der Waals surface area contributed by atoms with Crippen LogP contribution in [0.4, 0.5) is 5.69 Å². The molecule has 0 spiro atoms. The minimum atomic E-state index is -0.774. The summed E-state index contributed by atoms with van der Waals surface area (Å²) >= 11 is 1.11. The van der Waals surface area contributed by atoms with Crippen molar-refractivity contribution in [3.8, 4) is 0 Å². The number of fused-ring (bicyclic) bond motifs is 1. The predicted molar refractivity (Wildman–Crippen MR) is 114 cm³/mol. The second-order valence-corrected chi connectivity index (χ2v) is 7.81. The zero-order chi connectivity index (χ0) is 21.3. The van der Waals surface area contributed by atoms with E-state index in [4.69, 9.17) is 4.74 Å². The SMILES string of the molecule is CCc1cccc(C)c1NC(=O)[C@H](C)n1cnc2sc(C(=O)OC)c(C)c2c1=O. The summed E-state index contributed by atoms with van der Waals surface area (Å²) in [6, 6.07) is 5.08. The first-order chi connectivity index (χ1) is 13.8. The number of carbonyl (C=O) groups excluding carboxylic acids is 2. The molecule has 3 rings (SSSR count). The Bertz CT molecular complexity index is 1160. The van der Waals surface area contributed by atoms with Gasteiger partial charge in [0.1, 0.15) is 15.7 Å². The van der Waals surface area contributed by atoms with E-state index in [2.05, 4.69) is 10.3 Å². The quantitative estimate of drug-likeness (QED) is 0.645. The first kappa shape index (κ1) is 20.7. The third-order valence-electron chi connectivity index (χ3n) is 5.03. The van der Waals surface area contributed by atoms with E-state index in [1.54, 1.807) is 13.8 Å². The predicted octanol–water partition coefficient (Wildman–Crippen LogP) is 3.62. The molecule has 0 bridgehead atoms. The van der Waals surface area contributed by atoms with Crippen molar-refractivity contribution in [1.29, 1.82) is 0 Å². The molecule has 29 heavy (non-hydrogen) atoms. The number of ether oxygens (including phenoxy) is 1. The van der Waals surface area contributed by atoms with Gasteiger partial charge in [0.15, 0.2) is 0 Å². The number of nitrogens with one attached hydrogen (secondary N) is 1. The van der Waals surface area contributed by atoms with Gasteiger partial charge in [-0.25, -0.2) is 9.78 Å². The topological polar surface area (TPSA) is 90.3 Å². The van der Waals surface area contributed by atoms with Gasteiger partial charge in [0.2, 0.25) is 5.91 Å². The molecule has 3 aromatic rings. The van der Waals surface area contributed by atoms with Gasteiger partial charge in [-0.1, -0.05) is 25.1 Å². The summed E-state index contributed by atoms with van der Waals surface area (Å²) < 4.78 is 6.07. The highest BCUT2D eigenvalue weighted by Gasteiger charge is 2.23. The van der Waals surface area contributed by atoms with Crippen LogP contribution in [-0.2, 0) is 16.0 Å². The molecular weight excluding hydrogens is 390 g/mol. The minimum Gasteiger partial charge on any atom is -0.465 e. The highest BCUT2D eigenvalue weighted by molar-refractivity contribution is 7.20. The maximum atomic E-state index is 13.1. The molecule has 1 amide bonds. The number of thiophene rings is 1. The van der Waals surface area contributed by atoms with Crippen molar-refractivity contribution < 1.29 is 14.3 Å². The van der Waals surface area contributed by atoms with Crippen LogP contribution in [-0.4, -0.2) is 28.5 Å². The second kappa shape index (κ2) is 8.16. The molecule has 7 nitrogen and oxygen atoms in total. The van der Waals surface area contributed by atoms with Crippen molar-refractivity contribution in [2.45, 2.75) is 40.2 Å². The molecule has 8 heteroatoms. The third kappa shape index (κ3) is 3.67. The smallest absolute Gasteiger partial charge is 0.348 e. The fraction of sp³-hybridized carbons (Fsp3) is 0.333. The summed E-state index contributed by atoms with van der Waals surface area (Å²) in [6.07, 6.45) is 2.13. The Morgan fingerprint density at radius 1 is 1.31 bits per heavy atom. The fourth-order valence-electron chi connectivity index (χ4n) is 3.26. The van der Waals surface area contributed by atoms with Crippen LogP contribution in [0.2, 0.25) is 0 Å². The molecule has 0 fully saturated rings. The van der Waals surface area contributed by atoms with Gasteiger partial charge in [-0.15, -0.1) is 11.3 Å². The number of nitrogens with zero attached hydrogens (tertiary/aromatic N) is 2. The van der Waals surface area contributed by atoms with Crippen LogP contribution in [0.15, 0.2) is 29.3 Å². The lowest BCUT2D eigenvalue weighted by Gasteiger charge is -2.18. The van der Waals surface area contributed by atoms with Crippen molar-refractivity contribution in [2.24, 2.45) is 0 Å². The van der Waals surface area contributed by atoms with E-state index >= 15 is 0 Å². The van der Waals surface area contributed by atoms with E-state index in [9.17, 15) is 14.4 Å². The molecule has 2 heterocycles. The Morgan fingerprint density at radius 2 is 2.03 bits per heavy atom. The molecular formula is C21H23N3O4S. The van der Waals surface area contributed by atoms with Crippen LogP contribution in [0.5, 0.6) is 0 Å². The van der Waals surface area contributed by atoms with Gasteiger partial charge >= 0.3 is 5.97 Å². The summed E-state index contributed by atoms with van der Waals surface area (Å²) in [5.74, 6) is -0.813. The zero-order valence-corrected chi connectivity index (χ0v) is 17.8. The number of benzene rings is 1. The summed E-state index contributed by atoms with van der Waals surface area (Å²) in [5, 5.41) is 3.29. The molecule has 1 N–H and O–H groups in total. The molecule has 0 saturated carbocycles. The lowest BCUT2D eigenvalue weighted by molar-refractivity contribution is -0.118. The largest absolute Gasteiger partial charge is 0.465 e. The van der Waals surface area contributed by atoms with E-state index in [0.717, 1.165) is 34.6 Å². The first-order valence-corrected chi connectivity index (χ1v) is 10.1. The van der Waals surface area contributed by atoms with E-state index in [1.165, 1.54) is 18.0 Å². The average molecular weight is 413 g/mol. The summed E-state index contributed by atoms with van der Waals surface area (Å²) in [4.78, 5) is 43.0. The highest BCUT2D eigenvalue weighted by atomic mass is 32.1. The Balaban J connectivity index is 1.99. The van der Waals surface area contributed by atoms with Crippen molar-refractivity contribution >= 4 is 39.1 Å². The van der Waals surface area contributed by atoms with Gasteiger partial charge in [-0.05, 0) is 43.9 Å². The number of anilines is 1. The van der Waals surface area contributed by atoms with Crippen molar-refractivity contribution in [1.82, 2.24) is 9.55 Å². The standard InChI is InChI=1S/C21H23N3O4S/c1-6-14-9-7-8-11(2)16(14)23-18(25)13(4)24-10-22-19-15(20(24)26)12(3)17(29-19)21(27)28-5/h7-10,13H,6H2,1-5H3,(H,23,25)/t13-/m0/s1. The first-order valence-electron chi connectivity index (χ1n) is 9.28. The van der Waals surface area contributed by atoms with E-state index in [-0.39, 0.29) is 11.5 Å². The molecule has 0 saturated heterocycles. The Hall–Kier alpha value is -3.00. The lowest BCUT2D eigenvalue weighted by atomic mass is 10.1. The van der Waals surface area contributed by atoms with Crippen LogP contribution >= 0.6 is 11.3 Å². The van der Waals surface area contributed by atoms with Gasteiger partial charge in [-0.2, -0.15) is 0 Å². The molecule has 0 aliphatic heterocycles. The van der Waals surface area contributed by atoms with Gasteiger partial charge in [0, 0.05) is 5.69 Å². The van der Waals surface area contributed by atoms with Gasteiger partial charge in [-0.3, -0.25) is 14.2 Å². The zero-order valence-electron chi connectivity index (χ0n) is 17.0. The normalized spacial score (nSPS) is 12.0. The van der Waals surface area contributed by atoms with Crippen molar-refractivity contribution in [2.75, 3.05) is 12.4 Å². The van der Waals surface area contributed by atoms with E-state index in [1.807, 2.05) is 32.0 Å². The van der Waals surface area contributed by atoms with Crippen molar-refractivity contribution in [3.63, 3.8) is 0 Å². The Labute approximate surface area is 172 Å². The monoisotopic (exact) mass is 413 g/mol. The van der Waals surface area contributed by atoms with Crippen LogP contribution in [0.1, 0.15) is 46.3 Å². The maximum absolute atomic E-state index is 13.1. The van der Waals surface area contributed by atoms with Gasteiger partial charge in [0.25, 0.3) is 5.56 Å². The number of methoxy groups -OCH3 is 1. The summed E-state index contributed by atoms with van der Waals surface area (Å²) in [7, 11) is 1.29. The number of rotatable bonds is 5. The van der Waals surface area contributed by atoms with E-state index in [0.29, 0.717) is 20.7 Å². The minimum absolute atomic E-state index is 0.307. The molecule has 1 aromatic carbocycles. The molecule has 1 atom stereocenters. The van der Waals surface area contributed by atoms with Gasteiger partial charge in [0.05, 0.1) is 18.8 Å². The van der Waals surface area contributed by atoms with Gasteiger partial charge < -0.3 is 10.1 Å². The highest BCUT2D eigenvalue weighted by Crippen LogP contribution is 2.28. The number of amides is 1.